The maximum atomic E-state index is 5.36. The highest BCUT2D eigenvalue weighted by Crippen LogP contribution is 2.42. The predicted octanol–water partition coefficient (Wildman–Crippen LogP) is 11.2. The molecule has 224 valence electrons. The standard InChI is InChI=1S/C44H28N4/c1-2-12-27(13-3-1)41-42(46-36-21-7-6-20-35(36)45-41)28-24-25-39-40(26-28)48-38-23-9-5-15-30(38)32-17-11-19-34(44(32)48)33-18-10-16-31-29-14-4-8-22-37(29)47(39)43(31)33/h1-26,41,45H. The lowest BCUT2D eigenvalue weighted by molar-refractivity contribution is 1.01. The van der Waals surface area contributed by atoms with E-state index in [-0.39, 0.29) is 6.04 Å². The third-order valence-corrected chi connectivity index (χ3v) is 10.3. The number of nitrogens with zero attached hydrogens (tertiary/aromatic N) is 3. The van der Waals surface area contributed by atoms with E-state index >= 15 is 0 Å². The Hall–Kier alpha value is -6.39. The molecule has 0 radical (unpaired) electrons. The van der Waals surface area contributed by atoms with E-state index in [0.29, 0.717) is 0 Å². The van der Waals surface area contributed by atoms with Crippen LogP contribution in [-0.4, -0.2) is 14.5 Å². The van der Waals surface area contributed by atoms with Gasteiger partial charge in [-0.15, -0.1) is 0 Å². The van der Waals surface area contributed by atoms with E-state index < -0.39 is 0 Å². The largest absolute Gasteiger partial charge is 0.371 e. The van der Waals surface area contributed by atoms with E-state index in [2.05, 4.69) is 172 Å². The third kappa shape index (κ3) is 3.41. The molecule has 48 heavy (non-hydrogen) atoms. The average molecular weight is 613 g/mol. The van der Waals surface area contributed by atoms with Crippen molar-refractivity contribution in [1.82, 2.24) is 8.80 Å². The minimum Gasteiger partial charge on any atom is -0.371 e. The van der Waals surface area contributed by atoms with Gasteiger partial charge < -0.3 is 14.1 Å². The molecule has 11 rings (SSSR count). The maximum absolute atomic E-state index is 5.36. The molecule has 7 aromatic carbocycles. The van der Waals surface area contributed by atoms with Crippen LogP contribution in [0.2, 0.25) is 0 Å². The SMILES string of the molecule is c1ccc(C2Nc3ccccc3N=C2c2ccc3c(c2)n2c4ccccc4c4cccc(c5cccc6c7ccccc7n3c65)c42)cc1. The van der Waals surface area contributed by atoms with Gasteiger partial charge in [0.05, 0.1) is 56.2 Å². The average Bonchev–Trinajstić information content (AvgIpc) is 3.67. The Labute approximate surface area is 275 Å². The maximum Gasteiger partial charge on any atom is 0.0947 e. The number of nitrogens with one attached hydrogen (secondary N) is 1. The molecule has 4 nitrogen and oxygen atoms in total. The summed E-state index contributed by atoms with van der Waals surface area (Å²) in [5.74, 6) is 0. The highest BCUT2D eigenvalue weighted by Gasteiger charge is 2.26. The summed E-state index contributed by atoms with van der Waals surface area (Å²) in [4.78, 5) is 5.36. The van der Waals surface area contributed by atoms with E-state index in [9.17, 15) is 0 Å². The number of rotatable bonds is 2. The summed E-state index contributed by atoms with van der Waals surface area (Å²) in [6, 6.07) is 57.0. The predicted molar refractivity (Wildman–Crippen MR) is 201 cm³/mol. The van der Waals surface area contributed by atoms with Gasteiger partial charge in [0.2, 0.25) is 0 Å². The van der Waals surface area contributed by atoms with Gasteiger partial charge in [-0.25, -0.2) is 4.99 Å². The van der Waals surface area contributed by atoms with Crippen LogP contribution in [0.15, 0.2) is 163 Å². The molecule has 1 N–H and O–H groups in total. The van der Waals surface area contributed by atoms with Crippen LogP contribution in [-0.2, 0) is 0 Å². The molecule has 1 atom stereocenters. The molecule has 10 aromatic rings. The number of aliphatic imine (C=N–C) groups is 1. The van der Waals surface area contributed by atoms with Crippen molar-refractivity contribution in [2.45, 2.75) is 6.04 Å². The van der Waals surface area contributed by atoms with Crippen molar-refractivity contribution in [3.8, 4) is 0 Å². The van der Waals surface area contributed by atoms with Crippen LogP contribution in [0.3, 0.4) is 0 Å². The van der Waals surface area contributed by atoms with Gasteiger partial charge in [-0.1, -0.05) is 121 Å². The lowest BCUT2D eigenvalue weighted by Gasteiger charge is -2.28. The first-order valence-electron chi connectivity index (χ1n) is 16.5. The second-order valence-electron chi connectivity index (χ2n) is 12.8. The summed E-state index contributed by atoms with van der Waals surface area (Å²) in [6.45, 7) is 0. The summed E-state index contributed by atoms with van der Waals surface area (Å²) in [5.41, 5.74) is 12.4. The van der Waals surface area contributed by atoms with Gasteiger partial charge in [-0.3, -0.25) is 0 Å². The minimum absolute atomic E-state index is 0.0961. The Kier molecular flexibility index (Phi) is 5.13. The normalized spacial score (nSPS) is 14.8. The van der Waals surface area contributed by atoms with Crippen LogP contribution < -0.4 is 5.32 Å². The highest BCUT2D eigenvalue weighted by molar-refractivity contribution is 6.25. The topological polar surface area (TPSA) is 33.2 Å². The van der Waals surface area contributed by atoms with E-state index in [1.165, 1.54) is 59.9 Å². The Balaban J connectivity index is 1.37. The smallest absolute Gasteiger partial charge is 0.0947 e. The molecular weight excluding hydrogens is 585 g/mol. The molecular formula is C44H28N4. The van der Waals surface area contributed by atoms with Gasteiger partial charge >= 0.3 is 0 Å². The van der Waals surface area contributed by atoms with Crippen molar-refractivity contribution in [3.63, 3.8) is 0 Å². The van der Waals surface area contributed by atoms with Crippen molar-refractivity contribution in [3.05, 3.63) is 169 Å². The minimum atomic E-state index is -0.0961. The van der Waals surface area contributed by atoms with Crippen LogP contribution in [0.5, 0.6) is 0 Å². The number of hydrogen-bond donors (Lipinski definition) is 1. The number of benzene rings is 7. The Morgan fingerprint density at radius 1 is 0.438 bits per heavy atom. The first-order valence-corrected chi connectivity index (χ1v) is 16.5. The van der Waals surface area contributed by atoms with Crippen molar-refractivity contribution >= 4 is 82.5 Å². The van der Waals surface area contributed by atoms with Gasteiger partial charge in [-0.2, -0.15) is 0 Å². The zero-order valence-corrected chi connectivity index (χ0v) is 25.9. The van der Waals surface area contributed by atoms with Gasteiger partial charge in [0.15, 0.2) is 0 Å². The van der Waals surface area contributed by atoms with Gasteiger partial charge in [0, 0.05) is 37.9 Å². The molecule has 1 unspecified atom stereocenters. The number of para-hydroxylation sites is 6. The molecule has 1 aliphatic heterocycles. The molecule has 0 bridgehead atoms. The number of fused-ring (bicyclic) bond motifs is 11. The summed E-state index contributed by atoms with van der Waals surface area (Å²) >= 11 is 0. The number of hydrogen-bond acceptors (Lipinski definition) is 2. The lowest BCUT2D eigenvalue weighted by atomic mass is 9.94. The zero-order valence-electron chi connectivity index (χ0n) is 25.9. The third-order valence-electron chi connectivity index (χ3n) is 10.3. The molecule has 0 saturated carbocycles. The summed E-state index contributed by atoms with van der Waals surface area (Å²) < 4.78 is 4.98. The lowest BCUT2D eigenvalue weighted by Crippen LogP contribution is -2.25. The molecule has 0 spiro atoms. The fourth-order valence-corrected chi connectivity index (χ4v) is 8.25. The van der Waals surface area contributed by atoms with E-state index in [0.717, 1.165) is 33.7 Å². The van der Waals surface area contributed by atoms with E-state index in [1.54, 1.807) is 0 Å². The van der Waals surface area contributed by atoms with Gasteiger partial charge in [0.25, 0.3) is 0 Å². The Morgan fingerprint density at radius 2 is 0.979 bits per heavy atom. The molecule has 1 aliphatic rings. The van der Waals surface area contributed by atoms with E-state index in [4.69, 9.17) is 4.99 Å². The Morgan fingerprint density at radius 3 is 1.67 bits per heavy atom. The second-order valence-corrected chi connectivity index (χ2v) is 12.8. The zero-order chi connectivity index (χ0) is 31.3. The van der Waals surface area contributed by atoms with Crippen LogP contribution in [0.1, 0.15) is 17.2 Å². The van der Waals surface area contributed by atoms with Crippen molar-refractivity contribution in [2.75, 3.05) is 5.32 Å². The fraction of sp³-hybridized carbons (Fsp3) is 0.0227. The molecule has 4 heterocycles. The van der Waals surface area contributed by atoms with Crippen molar-refractivity contribution in [2.24, 2.45) is 4.99 Å². The van der Waals surface area contributed by atoms with Gasteiger partial charge in [0.1, 0.15) is 0 Å². The first-order chi connectivity index (χ1) is 23.8. The quantitative estimate of drug-likeness (QED) is 0.207. The molecule has 0 fully saturated rings. The monoisotopic (exact) mass is 612 g/mol. The van der Waals surface area contributed by atoms with Crippen LogP contribution in [0.4, 0.5) is 11.4 Å². The van der Waals surface area contributed by atoms with Crippen molar-refractivity contribution in [1.29, 1.82) is 0 Å². The molecule has 3 aromatic heterocycles. The van der Waals surface area contributed by atoms with Gasteiger partial charge in [-0.05, 0) is 42.0 Å². The Bertz CT molecular complexity index is 2980. The summed E-state index contributed by atoms with van der Waals surface area (Å²) in [5, 5.41) is 11.3. The highest BCUT2D eigenvalue weighted by atomic mass is 15.0. The van der Waals surface area contributed by atoms with Crippen LogP contribution in [0.25, 0.3) is 65.4 Å². The second kappa shape index (κ2) is 9.57. The van der Waals surface area contributed by atoms with E-state index in [1.807, 2.05) is 0 Å². The molecule has 0 aliphatic carbocycles. The number of aromatic nitrogens is 2. The summed E-state index contributed by atoms with van der Waals surface area (Å²) in [6.07, 6.45) is 0. The molecule has 0 saturated heterocycles. The molecule has 0 amide bonds. The van der Waals surface area contributed by atoms with Crippen LogP contribution >= 0.6 is 0 Å². The number of anilines is 1. The first kappa shape index (κ1) is 25.8. The van der Waals surface area contributed by atoms with Crippen LogP contribution in [0, 0.1) is 0 Å². The van der Waals surface area contributed by atoms with Crippen molar-refractivity contribution < 1.29 is 0 Å². The summed E-state index contributed by atoms with van der Waals surface area (Å²) in [7, 11) is 0. The molecule has 4 heteroatoms. The fourth-order valence-electron chi connectivity index (χ4n) is 8.25.